The number of carbonyl (C=O) groups excluding carboxylic acids is 2. The van der Waals surface area contributed by atoms with E-state index in [0.29, 0.717) is 11.3 Å². The molecule has 1 aromatic heterocycles. The molecule has 2 aromatic rings. The van der Waals surface area contributed by atoms with Crippen molar-refractivity contribution in [1.29, 1.82) is 0 Å². The summed E-state index contributed by atoms with van der Waals surface area (Å²) in [6, 6.07) is 9.24. The van der Waals surface area contributed by atoms with Gasteiger partial charge in [0.25, 0.3) is 11.8 Å². The molecule has 0 atom stereocenters. The molecule has 0 bridgehead atoms. The lowest BCUT2D eigenvalue weighted by Crippen LogP contribution is -2.40. The molecule has 2 rings (SSSR count). The van der Waals surface area contributed by atoms with E-state index in [1.807, 2.05) is 31.2 Å². The fraction of sp³-hybridized carbons (Fsp3) is 0.125. The summed E-state index contributed by atoms with van der Waals surface area (Å²) in [5, 5.41) is 0. The summed E-state index contributed by atoms with van der Waals surface area (Å²) >= 11 is 0. The Hall–Kier alpha value is -2.82. The van der Waals surface area contributed by atoms with E-state index in [2.05, 4.69) is 10.9 Å². The number of benzene rings is 1. The molecule has 108 valence electrons. The smallest absolute Gasteiger partial charge is 0.273 e. The number of carbonyl (C=O) groups is 2. The highest BCUT2D eigenvalue weighted by Gasteiger charge is 2.11. The Morgan fingerprint density at radius 3 is 2.52 bits per heavy atom. The molecular weight excluding hydrogens is 268 g/mol. The molecule has 0 fully saturated rings. The predicted molar refractivity (Wildman–Crippen MR) is 79.3 cm³/mol. The minimum Gasteiger partial charge on any atom is -0.469 e. The SMILES string of the molecule is Cc1ccccc1/C=C/C(=O)NNC(=O)c1ccoc1C. The second-order valence-electron chi connectivity index (χ2n) is 4.52. The van der Waals surface area contributed by atoms with E-state index >= 15 is 0 Å². The highest BCUT2D eigenvalue weighted by Crippen LogP contribution is 2.09. The van der Waals surface area contributed by atoms with Crippen molar-refractivity contribution in [3.63, 3.8) is 0 Å². The Bertz CT molecular complexity index is 686. The third-order valence-electron chi connectivity index (χ3n) is 3.01. The largest absolute Gasteiger partial charge is 0.469 e. The number of hydrazine groups is 1. The first-order valence-electron chi connectivity index (χ1n) is 6.46. The monoisotopic (exact) mass is 284 g/mol. The van der Waals surface area contributed by atoms with Crippen LogP contribution in [0.2, 0.25) is 0 Å². The van der Waals surface area contributed by atoms with Crippen LogP contribution in [0.3, 0.4) is 0 Å². The van der Waals surface area contributed by atoms with Gasteiger partial charge in [0.05, 0.1) is 11.8 Å². The van der Waals surface area contributed by atoms with Crippen LogP contribution in [0.15, 0.2) is 47.1 Å². The molecule has 0 aliphatic carbocycles. The zero-order valence-electron chi connectivity index (χ0n) is 11.8. The van der Waals surface area contributed by atoms with Crippen molar-refractivity contribution in [2.75, 3.05) is 0 Å². The Labute approximate surface area is 122 Å². The summed E-state index contributed by atoms with van der Waals surface area (Å²) in [4.78, 5) is 23.4. The summed E-state index contributed by atoms with van der Waals surface area (Å²) in [7, 11) is 0. The van der Waals surface area contributed by atoms with Gasteiger partial charge in [-0.2, -0.15) is 0 Å². The second kappa shape index (κ2) is 6.56. The fourth-order valence-corrected chi connectivity index (χ4v) is 1.79. The van der Waals surface area contributed by atoms with Crippen LogP contribution >= 0.6 is 0 Å². The standard InChI is InChI=1S/C16H16N2O3/c1-11-5-3-4-6-13(11)7-8-15(19)17-18-16(20)14-9-10-21-12(14)2/h3-10H,1-2H3,(H,17,19)(H,18,20)/b8-7+. The summed E-state index contributed by atoms with van der Waals surface area (Å²) in [5.41, 5.74) is 7.05. The number of aryl methyl sites for hydroxylation is 2. The van der Waals surface area contributed by atoms with Crippen LogP contribution in [-0.2, 0) is 4.79 Å². The van der Waals surface area contributed by atoms with Crippen molar-refractivity contribution in [3.8, 4) is 0 Å². The van der Waals surface area contributed by atoms with Crippen LogP contribution in [0.25, 0.3) is 6.08 Å². The second-order valence-corrected chi connectivity index (χ2v) is 4.52. The molecule has 0 saturated carbocycles. The number of hydrogen-bond acceptors (Lipinski definition) is 3. The Morgan fingerprint density at radius 1 is 1.10 bits per heavy atom. The van der Waals surface area contributed by atoms with Crippen LogP contribution < -0.4 is 10.9 Å². The molecule has 0 aliphatic heterocycles. The highest BCUT2D eigenvalue weighted by molar-refractivity contribution is 5.98. The maximum atomic E-state index is 11.7. The van der Waals surface area contributed by atoms with E-state index in [4.69, 9.17) is 4.42 Å². The van der Waals surface area contributed by atoms with Crippen LogP contribution in [-0.4, -0.2) is 11.8 Å². The first kappa shape index (κ1) is 14.6. The summed E-state index contributed by atoms with van der Waals surface area (Å²) in [6.45, 7) is 3.63. The zero-order valence-corrected chi connectivity index (χ0v) is 11.8. The minimum absolute atomic E-state index is 0.387. The third kappa shape index (κ3) is 3.82. The van der Waals surface area contributed by atoms with Gasteiger partial charge in [-0.05, 0) is 37.1 Å². The molecule has 2 amide bonds. The molecule has 2 N–H and O–H groups in total. The van der Waals surface area contributed by atoms with Crippen molar-refractivity contribution < 1.29 is 14.0 Å². The fourth-order valence-electron chi connectivity index (χ4n) is 1.79. The van der Waals surface area contributed by atoms with Gasteiger partial charge in [0.1, 0.15) is 5.76 Å². The quantitative estimate of drug-likeness (QED) is 0.671. The lowest BCUT2D eigenvalue weighted by Gasteiger charge is -2.04. The van der Waals surface area contributed by atoms with Gasteiger partial charge in [-0.3, -0.25) is 20.4 Å². The third-order valence-corrected chi connectivity index (χ3v) is 3.01. The van der Waals surface area contributed by atoms with E-state index < -0.39 is 11.8 Å². The molecule has 0 spiro atoms. The molecule has 21 heavy (non-hydrogen) atoms. The van der Waals surface area contributed by atoms with Gasteiger partial charge in [-0.1, -0.05) is 24.3 Å². The number of furan rings is 1. The molecular formula is C16H16N2O3. The van der Waals surface area contributed by atoms with Gasteiger partial charge >= 0.3 is 0 Å². The summed E-state index contributed by atoms with van der Waals surface area (Å²) in [5.74, 6) is -0.330. The average Bonchev–Trinajstić information content (AvgIpc) is 2.90. The van der Waals surface area contributed by atoms with Gasteiger partial charge in [0, 0.05) is 6.08 Å². The molecule has 0 saturated heterocycles. The van der Waals surface area contributed by atoms with Crippen LogP contribution in [0, 0.1) is 13.8 Å². The highest BCUT2D eigenvalue weighted by atomic mass is 16.3. The summed E-state index contributed by atoms with van der Waals surface area (Å²) < 4.78 is 5.02. The lowest BCUT2D eigenvalue weighted by molar-refractivity contribution is -0.117. The molecule has 1 aromatic carbocycles. The van der Waals surface area contributed by atoms with Gasteiger partial charge in [-0.15, -0.1) is 0 Å². The lowest BCUT2D eigenvalue weighted by atomic mass is 10.1. The predicted octanol–water partition coefficient (Wildman–Crippen LogP) is 2.37. The Morgan fingerprint density at radius 2 is 1.86 bits per heavy atom. The van der Waals surface area contributed by atoms with Crippen LogP contribution in [0.5, 0.6) is 0 Å². The maximum Gasteiger partial charge on any atom is 0.273 e. The van der Waals surface area contributed by atoms with E-state index in [9.17, 15) is 9.59 Å². The maximum absolute atomic E-state index is 11.7. The van der Waals surface area contributed by atoms with Crippen molar-refractivity contribution in [2.45, 2.75) is 13.8 Å². The zero-order chi connectivity index (χ0) is 15.2. The Kier molecular flexibility index (Phi) is 4.56. The summed E-state index contributed by atoms with van der Waals surface area (Å²) in [6.07, 6.45) is 4.48. The van der Waals surface area contributed by atoms with E-state index in [1.54, 1.807) is 19.1 Å². The van der Waals surface area contributed by atoms with E-state index in [0.717, 1.165) is 11.1 Å². The molecule has 0 aliphatic rings. The van der Waals surface area contributed by atoms with Crippen LogP contribution in [0.1, 0.15) is 27.2 Å². The van der Waals surface area contributed by atoms with Crippen molar-refractivity contribution >= 4 is 17.9 Å². The molecule has 5 nitrogen and oxygen atoms in total. The van der Waals surface area contributed by atoms with E-state index in [1.165, 1.54) is 12.3 Å². The van der Waals surface area contributed by atoms with Gasteiger partial charge in [-0.25, -0.2) is 0 Å². The number of rotatable bonds is 3. The van der Waals surface area contributed by atoms with Gasteiger partial charge in [0.2, 0.25) is 0 Å². The minimum atomic E-state index is -0.418. The topological polar surface area (TPSA) is 71.3 Å². The molecule has 1 heterocycles. The van der Waals surface area contributed by atoms with Gasteiger partial charge in [0.15, 0.2) is 0 Å². The average molecular weight is 284 g/mol. The van der Waals surface area contributed by atoms with Gasteiger partial charge < -0.3 is 4.42 Å². The number of amides is 2. The van der Waals surface area contributed by atoms with Crippen LogP contribution in [0.4, 0.5) is 0 Å². The molecule has 5 heteroatoms. The van der Waals surface area contributed by atoms with E-state index in [-0.39, 0.29) is 0 Å². The Balaban J connectivity index is 1.90. The van der Waals surface area contributed by atoms with Crippen molar-refractivity contribution in [3.05, 3.63) is 65.1 Å². The first-order chi connectivity index (χ1) is 10.1. The van der Waals surface area contributed by atoms with Crippen molar-refractivity contribution in [2.24, 2.45) is 0 Å². The number of nitrogens with one attached hydrogen (secondary N) is 2. The van der Waals surface area contributed by atoms with Crippen molar-refractivity contribution in [1.82, 2.24) is 10.9 Å². The number of hydrogen-bond donors (Lipinski definition) is 2. The normalized spacial score (nSPS) is 10.6. The molecule has 0 unspecified atom stereocenters. The first-order valence-corrected chi connectivity index (χ1v) is 6.46. The molecule has 0 radical (unpaired) electrons.